The summed E-state index contributed by atoms with van der Waals surface area (Å²) in [6, 6.07) is 1.70. The van der Waals surface area contributed by atoms with Crippen molar-refractivity contribution in [2.75, 3.05) is 20.6 Å². The summed E-state index contributed by atoms with van der Waals surface area (Å²) in [6.45, 7) is 0.160. The highest BCUT2D eigenvalue weighted by atomic mass is 19.4. The SMILES string of the molecule is CN(C)CCn1c(=O)ccc2c(C(F)(F)F)cc(C(F)(F)F)nc21. The number of alkyl halides is 6. The Kier molecular flexibility index (Phi) is 4.62. The Bertz CT molecular complexity index is 807. The molecule has 2 heterocycles. The van der Waals surface area contributed by atoms with Crippen LogP contribution in [0.3, 0.4) is 0 Å². The van der Waals surface area contributed by atoms with Crippen molar-refractivity contribution < 1.29 is 26.3 Å². The number of rotatable bonds is 3. The van der Waals surface area contributed by atoms with Crippen molar-refractivity contribution in [1.82, 2.24) is 14.5 Å². The Labute approximate surface area is 132 Å². The molecule has 24 heavy (non-hydrogen) atoms. The summed E-state index contributed by atoms with van der Waals surface area (Å²) in [5.41, 5.74) is -4.51. The van der Waals surface area contributed by atoms with Crippen molar-refractivity contribution in [3.8, 4) is 0 Å². The van der Waals surface area contributed by atoms with Crippen LogP contribution in [0.25, 0.3) is 11.0 Å². The Morgan fingerprint density at radius 3 is 2.21 bits per heavy atom. The third-order valence-corrected chi connectivity index (χ3v) is 3.32. The van der Waals surface area contributed by atoms with Gasteiger partial charge in [0.1, 0.15) is 11.3 Å². The molecule has 4 nitrogen and oxygen atoms in total. The van der Waals surface area contributed by atoms with Crippen LogP contribution in [0.4, 0.5) is 26.3 Å². The molecule has 0 aliphatic carbocycles. The van der Waals surface area contributed by atoms with Gasteiger partial charge in [0, 0.05) is 24.5 Å². The fraction of sp³-hybridized carbons (Fsp3) is 0.429. The number of nitrogens with zero attached hydrogens (tertiary/aromatic N) is 3. The van der Waals surface area contributed by atoms with E-state index in [0.717, 1.165) is 16.7 Å². The zero-order chi connectivity index (χ0) is 18.3. The molecule has 0 saturated heterocycles. The molecule has 0 radical (unpaired) electrons. The predicted octanol–water partition coefficient (Wildman–Crippen LogP) is 3.00. The van der Waals surface area contributed by atoms with Crippen molar-refractivity contribution in [1.29, 1.82) is 0 Å². The van der Waals surface area contributed by atoms with Crippen molar-refractivity contribution in [3.05, 3.63) is 39.8 Å². The molecule has 0 amide bonds. The summed E-state index contributed by atoms with van der Waals surface area (Å²) in [5.74, 6) is 0. The molecule has 0 saturated carbocycles. The molecule has 0 fully saturated rings. The van der Waals surface area contributed by atoms with E-state index in [1.807, 2.05) is 0 Å². The number of pyridine rings is 2. The summed E-state index contributed by atoms with van der Waals surface area (Å²) in [4.78, 5) is 16.8. The van der Waals surface area contributed by atoms with Gasteiger partial charge in [-0.3, -0.25) is 9.36 Å². The van der Waals surface area contributed by atoms with E-state index in [1.165, 1.54) is 0 Å². The number of hydrogen-bond acceptors (Lipinski definition) is 3. The van der Waals surface area contributed by atoms with Gasteiger partial charge in [-0.15, -0.1) is 0 Å². The van der Waals surface area contributed by atoms with Gasteiger partial charge in [0.15, 0.2) is 0 Å². The lowest BCUT2D eigenvalue weighted by Gasteiger charge is -2.17. The highest BCUT2D eigenvalue weighted by molar-refractivity contribution is 5.80. The average molecular weight is 353 g/mol. The molecule has 2 rings (SSSR count). The van der Waals surface area contributed by atoms with Crippen LogP contribution in [0.15, 0.2) is 23.0 Å². The highest BCUT2D eigenvalue weighted by Crippen LogP contribution is 2.38. The summed E-state index contributed by atoms with van der Waals surface area (Å²) in [5, 5.41) is -0.547. The Morgan fingerprint density at radius 1 is 1.08 bits per heavy atom. The van der Waals surface area contributed by atoms with Gasteiger partial charge < -0.3 is 4.90 Å². The molecular weight excluding hydrogens is 340 g/mol. The molecule has 0 aliphatic heterocycles. The maximum atomic E-state index is 13.1. The third-order valence-electron chi connectivity index (χ3n) is 3.32. The van der Waals surface area contributed by atoms with Crippen LogP contribution in [-0.2, 0) is 18.9 Å². The molecule has 0 aromatic carbocycles. The quantitative estimate of drug-likeness (QED) is 0.797. The summed E-state index contributed by atoms with van der Waals surface area (Å²) in [6.07, 6.45) is -10.1. The topological polar surface area (TPSA) is 38.1 Å². The summed E-state index contributed by atoms with van der Waals surface area (Å²) < 4.78 is 79.0. The van der Waals surface area contributed by atoms with Gasteiger partial charge in [-0.05, 0) is 26.2 Å². The second-order valence-corrected chi connectivity index (χ2v) is 5.41. The van der Waals surface area contributed by atoms with Gasteiger partial charge >= 0.3 is 12.4 Å². The van der Waals surface area contributed by atoms with Crippen molar-refractivity contribution >= 4 is 11.0 Å². The second kappa shape index (κ2) is 6.08. The van der Waals surface area contributed by atoms with E-state index in [2.05, 4.69) is 4.98 Å². The Morgan fingerprint density at radius 2 is 1.71 bits per heavy atom. The Hall–Kier alpha value is -2.10. The first-order valence-corrected chi connectivity index (χ1v) is 6.75. The monoisotopic (exact) mass is 353 g/mol. The lowest BCUT2D eigenvalue weighted by molar-refractivity contribution is -0.144. The minimum atomic E-state index is -5.06. The van der Waals surface area contributed by atoms with Crippen LogP contribution in [0, 0.1) is 0 Å². The van der Waals surface area contributed by atoms with Gasteiger partial charge in [0.25, 0.3) is 5.56 Å². The first-order valence-electron chi connectivity index (χ1n) is 6.75. The van der Waals surface area contributed by atoms with Gasteiger partial charge in [0.2, 0.25) is 0 Å². The molecule has 2 aromatic rings. The zero-order valence-corrected chi connectivity index (χ0v) is 12.7. The standard InChI is InChI=1S/C14H13F6N3O/c1-22(2)5-6-23-11(24)4-3-8-9(13(15,16)17)7-10(14(18,19)20)21-12(8)23/h3-4,7H,5-6H2,1-2H3. The molecule has 2 aromatic heterocycles. The summed E-state index contributed by atoms with van der Waals surface area (Å²) >= 11 is 0. The number of aromatic nitrogens is 2. The van der Waals surface area contributed by atoms with Gasteiger partial charge in [-0.1, -0.05) is 0 Å². The fourth-order valence-electron chi connectivity index (χ4n) is 2.16. The number of hydrogen-bond donors (Lipinski definition) is 0. The fourth-order valence-corrected chi connectivity index (χ4v) is 2.16. The van der Waals surface area contributed by atoms with Crippen LogP contribution in [0.2, 0.25) is 0 Å². The molecule has 0 N–H and O–H groups in total. The zero-order valence-electron chi connectivity index (χ0n) is 12.7. The lowest BCUT2D eigenvalue weighted by atomic mass is 10.1. The minimum Gasteiger partial charge on any atom is -0.308 e. The third kappa shape index (κ3) is 3.69. The summed E-state index contributed by atoms with van der Waals surface area (Å²) in [7, 11) is 3.32. The van der Waals surface area contributed by atoms with Crippen LogP contribution < -0.4 is 5.56 Å². The highest BCUT2D eigenvalue weighted by Gasteiger charge is 2.39. The average Bonchev–Trinajstić information content (AvgIpc) is 2.42. The maximum absolute atomic E-state index is 13.1. The van der Waals surface area contributed by atoms with Crippen LogP contribution >= 0.6 is 0 Å². The van der Waals surface area contributed by atoms with Crippen molar-refractivity contribution in [2.24, 2.45) is 0 Å². The van der Waals surface area contributed by atoms with Crippen molar-refractivity contribution in [3.63, 3.8) is 0 Å². The number of likely N-dealkylation sites (N-methyl/N-ethyl adjacent to an activating group) is 1. The normalized spacial score (nSPS) is 13.0. The smallest absolute Gasteiger partial charge is 0.308 e. The Balaban J connectivity index is 2.83. The molecule has 10 heteroatoms. The first-order chi connectivity index (χ1) is 10.9. The molecule has 0 spiro atoms. The molecule has 0 atom stereocenters. The number of halogens is 6. The maximum Gasteiger partial charge on any atom is 0.433 e. The number of fused-ring (bicyclic) bond motifs is 1. The minimum absolute atomic E-state index is 0.0386. The predicted molar refractivity (Wildman–Crippen MR) is 74.6 cm³/mol. The van der Waals surface area contributed by atoms with E-state index in [-0.39, 0.29) is 19.2 Å². The van der Waals surface area contributed by atoms with Gasteiger partial charge in [0.05, 0.1) is 5.56 Å². The van der Waals surface area contributed by atoms with E-state index >= 15 is 0 Å². The molecule has 0 bridgehead atoms. The van der Waals surface area contributed by atoms with E-state index in [9.17, 15) is 31.1 Å². The van der Waals surface area contributed by atoms with E-state index in [1.54, 1.807) is 19.0 Å². The van der Waals surface area contributed by atoms with Gasteiger partial charge in [-0.2, -0.15) is 26.3 Å². The van der Waals surface area contributed by atoms with Crippen LogP contribution in [0.1, 0.15) is 11.3 Å². The molecular formula is C14H13F6N3O. The van der Waals surface area contributed by atoms with E-state index in [4.69, 9.17) is 0 Å². The largest absolute Gasteiger partial charge is 0.433 e. The second-order valence-electron chi connectivity index (χ2n) is 5.41. The van der Waals surface area contributed by atoms with Crippen molar-refractivity contribution in [2.45, 2.75) is 18.9 Å². The van der Waals surface area contributed by atoms with Crippen LogP contribution in [-0.4, -0.2) is 35.1 Å². The van der Waals surface area contributed by atoms with Gasteiger partial charge in [-0.25, -0.2) is 4.98 Å². The molecule has 0 aliphatic rings. The van der Waals surface area contributed by atoms with E-state index in [0.29, 0.717) is 0 Å². The molecule has 132 valence electrons. The first kappa shape index (κ1) is 18.2. The lowest BCUT2D eigenvalue weighted by Crippen LogP contribution is -2.28. The van der Waals surface area contributed by atoms with Crippen LogP contribution in [0.5, 0.6) is 0 Å². The molecule has 0 unspecified atom stereocenters. The van der Waals surface area contributed by atoms with E-state index < -0.39 is 40.2 Å².